The predicted octanol–water partition coefficient (Wildman–Crippen LogP) is 0.537. The Morgan fingerprint density at radius 2 is 2.20 bits per heavy atom. The van der Waals surface area contributed by atoms with Gasteiger partial charge in [0.1, 0.15) is 12.7 Å². The summed E-state index contributed by atoms with van der Waals surface area (Å²) in [5.41, 5.74) is 0.899. The van der Waals surface area contributed by atoms with E-state index in [4.69, 9.17) is 0 Å². The summed E-state index contributed by atoms with van der Waals surface area (Å²) in [5.74, 6) is 1.12. The van der Waals surface area contributed by atoms with E-state index >= 15 is 0 Å². The normalized spacial score (nSPS) is 20.1. The van der Waals surface area contributed by atoms with Crippen LogP contribution in [0.15, 0.2) is 31.0 Å². The second-order valence-corrected chi connectivity index (χ2v) is 6.73. The summed E-state index contributed by atoms with van der Waals surface area (Å²) >= 11 is 0. The molecule has 0 bridgehead atoms. The molecule has 0 radical (unpaired) electrons. The third kappa shape index (κ3) is 3.67. The van der Waals surface area contributed by atoms with Crippen molar-refractivity contribution >= 4 is 11.8 Å². The Kier molecular flexibility index (Phi) is 4.17. The van der Waals surface area contributed by atoms with E-state index in [2.05, 4.69) is 20.4 Å². The summed E-state index contributed by atoms with van der Waals surface area (Å²) in [7, 11) is 0. The smallest absolute Gasteiger partial charge is 0.225 e. The molecular weight excluding hydrogens is 320 g/mol. The summed E-state index contributed by atoms with van der Waals surface area (Å²) in [6, 6.07) is 3.72. The van der Waals surface area contributed by atoms with Crippen LogP contribution in [0.25, 0.3) is 5.82 Å². The molecule has 4 rings (SSSR count). The Morgan fingerprint density at radius 3 is 2.88 bits per heavy atom. The number of hydrogen-bond donors (Lipinski definition) is 1. The van der Waals surface area contributed by atoms with E-state index < -0.39 is 0 Å². The summed E-state index contributed by atoms with van der Waals surface area (Å²) < 4.78 is 1.57. The van der Waals surface area contributed by atoms with Crippen LogP contribution in [0, 0.1) is 11.8 Å². The Morgan fingerprint density at radius 1 is 1.32 bits per heavy atom. The van der Waals surface area contributed by atoms with Gasteiger partial charge in [0.2, 0.25) is 11.8 Å². The molecule has 8 nitrogen and oxygen atoms in total. The van der Waals surface area contributed by atoms with Crippen LogP contribution in [-0.2, 0) is 16.1 Å². The molecule has 1 aliphatic carbocycles. The van der Waals surface area contributed by atoms with Gasteiger partial charge in [0.05, 0.1) is 5.92 Å². The molecule has 2 amide bonds. The highest BCUT2D eigenvalue weighted by Gasteiger charge is 2.36. The number of nitrogens with one attached hydrogen (secondary N) is 1. The highest BCUT2D eigenvalue weighted by atomic mass is 16.2. The molecule has 1 N–H and O–H groups in total. The molecule has 1 saturated carbocycles. The Labute approximate surface area is 145 Å². The molecule has 3 heterocycles. The first-order valence-electron chi connectivity index (χ1n) is 8.54. The van der Waals surface area contributed by atoms with Gasteiger partial charge in [-0.25, -0.2) is 14.6 Å². The topological polar surface area (TPSA) is 93.0 Å². The molecule has 0 aromatic carbocycles. The van der Waals surface area contributed by atoms with Crippen LogP contribution >= 0.6 is 0 Å². The van der Waals surface area contributed by atoms with Gasteiger partial charge in [-0.2, -0.15) is 5.10 Å². The minimum absolute atomic E-state index is 0.0630. The van der Waals surface area contributed by atoms with E-state index in [1.54, 1.807) is 17.2 Å². The second-order valence-electron chi connectivity index (χ2n) is 6.73. The maximum atomic E-state index is 12.3. The Bertz CT molecular complexity index is 754. The van der Waals surface area contributed by atoms with Crippen molar-refractivity contribution < 1.29 is 9.59 Å². The van der Waals surface area contributed by atoms with Gasteiger partial charge >= 0.3 is 0 Å². The molecule has 1 saturated heterocycles. The molecule has 2 aromatic rings. The summed E-state index contributed by atoms with van der Waals surface area (Å²) in [5, 5.41) is 6.93. The van der Waals surface area contributed by atoms with E-state index in [1.807, 2.05) is 17.0 Å². The van der Waals surface area contributed by atoms with Crippen molar-refractivity contribution in [2.75, 3.05) is 13.1 Å². The molecule has 8 heteroatoms. The predicted molar refractivity (Wildman–Crippen MR) is 88.4 cm³/mol. The monoisotopic (exact) mass is 340 g/mol. The first kappa shape index (κ1) is 15.7. The maximum Gasteiger partial charge on any atom is 0.225 e. The van der Waals surface area contributed by atoms with Gasteiger partial charge in [-0.05, 0) is 30.4 Å². The van der Waals surface area contributed by atoms with Crippen LogP contribution in [0.4, 0.5) is 0 Å². The van der Waals surface area contributed by atoms with Gasteiger partial charge < -0.3 is 10.2 Å². The molecule has 1 unspecified atom stereocenters. The third-order valence-electron chi connectivity index (χ3n) is 4.69. The number of rotatable bonds is 6. The van der Waals surface area contributed by atoms with Crippen LogP contribution in [-0.4, -0.2) is 49.6 Å². The molecule has 2 aliphatic rings. The molecular formula is C17H20N6O2. The minimum atomic E-state index is -0.242. The van der Waals surface area contributed by atoms with Crippen molar-refractivity contribution in [2.45, 2.75) is 25.8 Å². The highest BCUT2D eigenvalue weighted by Crippen LogP contribution is 2.32. The van der Waals surface area contributed by atoms with E-state index in [1.165, 1.54) is 19.2 Å². The molecule has 2 aromatic heterocycles. The Hall–Kier alpha value is -2.77. The molecule has 130 valence electrons. The number of pyridine rings is 1. The molecule has 1 atom stereocenters. The summed E-state index contributed by atoms with van der Waals surface area (Å²) in [4.78, 5) is 34.4. The lowest BCUT2D eigenvalue weighted by Crippen LogP contribution is -2.33. The number of carbonyl (C=O) groups is 2. The molecule has 2 fully saturated rings. The van der Waals surface area contributed by atoms with E-state index in [9.17, 15) is 9.59 Å². The van der Waals surface area contributed by atoms with Crippen LogP contribution in [0.2, 0.25) is 0 Å². The fraction of sp³-hybridized carbons (Fsp3) is 0.471. The van der Waals surface area contributed by atoms with Gasteiger partial charge in [0, 0.05) is 32.3 Å². The number of amides is 2. The zero-order valence-electron chi connectivity index (χ0n) is 13.8. The van der Waals surface area contributed by atoms with Crippen LogP contribution in [0.3, 0.4) is 0 Å². The Balaban J connectivity index is 1.29. The highest BCUT2D eigenvalue weighted by molar-refractivity contribution is 5.89. The van der Waals surface area contributed by atoms with Gasteiger partial charge in [-0.15, -0.1) is 0 Å². The lowest BCUT2D eigenvalue weighted by Gasteiger charge is -2.16. The second kappa shape index (κ2) is 6.62. The summed E-state index contributed by atoms with van der Waals surface area (Å²) in [6.45, 7) is 1.76. The van der Waals surface area contributed by atoms with Gasteiger partial charge in [0.25, 0.3) is 0 Å². The number of likely N-dealkylation sites (tertiary alicyclic amines) is 1. The fourth-order valence-electron chi connectivity index (χ4n) is 3.05. The standard InChI is InChI=1S/C17H20N6O2/c24-16-5-14(9-22(16)8-12-1-2-12)17(25)20-7-13-3-4-15(19-6-13)23-11-18-10-21-23/h3-4,6,10-12,14H,1-2,5,7-9H2,(H,20,25). The fourth-order valence-corrected chi connectivity index (χ4v) is 3.05. The lowest BCUT2D eigenvalue weighted by molar-refractivity contribution is -0.129. The van der Waals surface area contributed by atoms with Crippen molar-refractivity contribution in [2.24, 2.45) is 11.8 Å². The van der Waals surface area contributed by atoms with Crippen molar-refractivity contribution in [3.8, 4) is 5.82 Å². The number of carbonyl (C=O) groups excluding carboxylic acids is 2. The molecule has 25 heavy (non-hydrogen) atoms. The first-order chi connectivity index (χ1) is 12.2. The zero-order chi connectivity index (χ0) is 17.2. The SMILES string of the molecule is O=C(NCc1ccc(-n2cncn2)nc1)C1CC(=O)N(CC2CC2)C1. The largest absolute Gasteiger partial charge is 0.352 e. The van der Waals surface area contributed by atoms with Crippen LogP contribution < -0.4 is 5.32 Å². The van der Waals surface area contributed by atoms with Gasteiger partial charge in [0.15, 0.2) is 5.82 Å². The number of hydrogen-bond acceptors (Lipinski definition) is 5. The van der Waals surface area contributed by atoms with Crippen molar-refractivity contribution in [1.82, 2.24) is 30.0 Å². The average molecular weight is 340 g/mol. The number of nitrogens with zero attached hydrogens (tertiary/aromatic N) is 5. The third-order valence-corrected chi connectivity index (χ3v) is 4.69. The summed E-state index contributed by atoms with van der Waals surface area (Å²) in [6.07, 6.45) is 7.47. The average Bonchev–Trinajstić information content (AvgIpc) is 3.13. The van der Waals surface area contributed by atoms with E-state index in [0.29, 0.717) is 31.2 Å². The quantitative estimate of drug-likeness (QED) is 0.828. The van der Waals surface area contributed by atoms with E-state index in [0.717, 1.165) is 12.1 Å². The zero-order valence-corrected chi connectivity index (χ0v) is 13.8. The van der Waals surface area contributed by atoms with Crippen molar-refractivity contribution in [1.29, 1.82) is 0 Å². The van der Waals surface area contributed by atoms with Crippen LogP contribution in [0.5, 0.6) is 0 Å². The first-order valence-corrected chi connectivity index (χ1v) is 8.54. The van der Waals surface area contributed by atoms with Crippen molar-refractivity contribution in [3.63, 3.8) is 0 Å². The lowest BCUT2D eigenvalue weighted by atomic mass is 10.1. The maximum absolute atomic E-state index is 12.3. The molecule has 1 aliphatic heterocycles. The number of aromatic nitrogens is 4. The van der Waals surface area contributed by atoms with E-state index in [-0.39, 0.29) is 17.7 Å². The van der Waals surface area contributed by atoms with Crippen molar-refractivity contribution in [3.05, 3.63) is 36.5 Å². The van der Waals surface area contributed by atoms with Gasteiger partial charge in [-0.3, -0.25) is 9.59 Å². The van der Waals surface area contributed by atoms with Gasteiger partial charge in [-0.1, -0.05) is 6.07 Å². The minimum Gasteiger partial charge on any atom is -0.352 e. The molecule has 0 spiro atoms. The van der Waals surface area contributed by atoms with Crippen LogP contribution in [0.1, 0.15) is 24.8 Å².